The Morgan fingerprint density at radius 2 is 1.73 bits per heavy atom. The van der Waals surface area contributed by atoms with Crippen LogP contribution in [0.1, 0.15) is 44.1 Å². The molecule has 2 aliphatic rings. The van der Waals surface area contributed by atoms with E-state index >= 15 is 0 Å². The monoisotopic (exact) mass is 554 g/mol. The summed E-state index contributed by atoms with van der Waals surface area (Å²) in [6.07, 6.45) is 8.00. The summed E-state index contributed by atoms with van der Waals surface area (Å²) in [6.45, 7) is 10.1. The van der Waals surface area contributed by atoms with Gasteiger partial charge in [0.25, 0.3) is 0 Å². The van der Waals surface area contributed by atoms with Gasteiger partial charge in [0.1, 0.15) is 11.5 Å². The zero-order valence-electron chi connectivity index (χ0n) is 24.0. The number of para-hydroxylation sites is 1. The number of nitrogen functional groups attached to an aromatic ring is 1. The van der Waals surface area contributed by atoms with Gasteiger partial charge < -0.3 is 21.2 Å². The molecule has 3 aromatic carbocycles. The van der Waals surface area contributed by atoms with E-state index in [1.54, 1.807) is 17.2 Å². The number of nitrogens with zero attached hydrogens (tertiary/aromatic N) is 3. The Balaban J connectivity index is 0.000000909. The molecule has 5 rings (SSSR count). The maximum atomic E-state index is 12.7. The fraction of sp³-hybridized carbons (Fsp3) is 0.333. The second kappa shape index (κ2) is 13.5. The van der Waals surface area contributed by atoms with Crippen molar-refractivity contribution < 1.29 is 9.63 Å². The smallest absolute Gasteiger partial charge is 0.224 e. The van der Waals surface area contributed by atoms with Gasteiger partial charge in [0, 0.05) is 42.2 Å². The Morgan fingerprint density at radius 1 is 1.07 bits per heavy atom. The van der Waals surface area contributed by atoms with Crippen LogP contribution in [0.15, 0.2) is 91.1 Å². The summed E-state index contributed by atoms with van der Waals surface area (Å²) in [6, 6.07) is 19.6. The molecule has 1 saturated carbocycles. The maximum Gasteiger partial charge on any atom is 0.224 e. The summed E-state index contributed by atoms with van der Waals surface area (Å²) in [5.74, 6) is 6.75. The average Bonchev–Trinajstić information content (AvgIpc) is 3.78. The first-order valence-electron chi connectivity index (χ1n) is 14.2. The van der Waals surface area contributed by atoms with Crippen LogP contribution in [-0.2, 0) is 9.63 Å². The normalized spacial score (nSPS) is 18.0. The maximum absolute atomic E-state index is 12.7. The third-order valence-corrected chi connectivity index (χ3v) is 7.66. The number of anilines is 3. The van der Waals surface area contributed by atoms with Gasteiger partial charge in [-0.3, -0.25) is 9.80 Å². The third kappa shape index (κ3) is 7.54. The van der Waals surface area contributed by atoms with E-state index in [1.807, 2.05) is 72.5 Å². The SMILES string of the molecule is C=CC=C.Cc1c/c(=N/OC2CCCN(C(=O)CC3(N)CC3)CC2)c2ccccc2c(N(N)c2ccccc2)c1N. The predicted molar refractivity (Wildman–Crippen MR) is 168 cm³/mol. The minimum absolute atomic E-state index is 0.0673. The number of hydrazine groups is 1. The number of carbonyl (C=O) groups excluding carboxylic acids is 1. The standard InChI is InChI=1S/C29H36N6O2.C4H6/c1-20-18-25(33-37-22-10-7-16-34(17-13-22)26(36)19-29(31)14-15-29)23-11-5-6-12-24(23)28(27(20)30)35(32)21-8-3-2-4-9-21;1-3-4-2/h2-6,8-9,11-12,18,22H,7,10,13-17,19,30-32H2,1H3;3-4H,1-2H2/b33-25-;. The highest BCUT2D eigenvalue weighted by atomic mass is 16.6. The van der Waals surface area contributed by atoms with E-state index < -0.39 is 0 Å². The Labute approximate surface area is 242 Å². The number of aryl methyl sites for hydroxylation is 1. The Hall–Kier alpha value is -4.14. The number of amides is 1. The van der Waals surface area contributed by atoms with E-state index in [9.17, 15) is 4.79 Å². The van der Waals surface area contributed by atoms with E-state index in [4.69, 9.17) is 22.1 Å². The molecule has 1 atom stereocenters. The third-order valence-electron chi connectivity index (χ3n) is 7.66. The number of carbonyl (C=O) groups is 1. The summed E-state index contributed by atoms with van der Waals surface area (Å²) in [7, 11) is 0. The Morgan fingerprint density at radius 3 is 2.39 bits per heavy atom. The fourth-order valence-electron chi connectivity index (χ4n) is 4.96. The summed E-state index contributed by atoms with van der Waals surface area (Å²) >= 11 is 0. The molecule has 1 aliphatic heterocycles. The van der Waals surface area contributed by atoms with Crippen LogP contribution in [0.5, 0.6) is 0 Å². The molecule has 8 heteroatoms. The molecule has 0 aromatic heterocycles. The van der Waals surface area contributed by atoms with Crippen molar-refractivity contribution in [3.63, 3.8) is 0 Å². The highest BCUT2D eigenvalue weighted by Crippen LogP contribution is 2.36. The molecule has 8 nitrogen and oxygen atoms in total. The molecular formula is C33H42N6O2. The van der Waals surface area contributed by atoms with Crippen molar-refractivity contribution in [2.45, 2.75) is 57.1 Å². The van der Waals surface area contributed by atoms with E-state index in [0.717, 1.165) is 66.4 Å². The minimum Gasteiger partial charge on any atom is -0.397 e. The molecule has 1 aliphatic carbocycles. The molecule has 6 N–H and O–H groups in total. The van der Waals surface area contributed by atoms with Crippen molar-refractivity contribution in [3.8, 4) is 0 Å². The minimum atomic E-state index is -0.267. The molecule has 1 heterocycles. The molecule has 0 bridgehead atoms. The van der Waals surface area contributed by atoms with Crippen LogP contribution in [0.2, 0.25) is 0 Å². The van der Waals surface area contributed by atoms with E-state index in [0.29, 0.717) is 24.0 Å². The lowest BCUT2D eigenvalue weighted by Gasteiger charge is -2.22. The van der Waals surface area contributed by atoms with Crippen LogP contribution < -0.4 is 27.7 Å². The molecular weight excluding hydrogens is 512 g/mol. The van der Waals surface area contributed by atoms with Crippen LogP contribution >= 0.6 is 0 Å². The van der Waals surface area contributed by atoms with Crippen LogP contribution in [0.3, 0.4) is 0 Å². The molecule has 0 radical (unpaired) electrons. The van der Waals surface area contributed by atoms with Crippen molar-refractivity contribution >= 4 is 33.7 Å². The van der Waals surface area contributed by atoms with E-state index in [-0.39, 0.29) is 17.6 Å². The number of fused-ring (bicyclic) bond motifs is 1. The summed E-state index contributed by atoms with van der Waals surface area (Å²) in [5, 5.41) is 8.72. The molecule has 0 spiro atoms. The van der Waals surface area contributed by atoms with Gasteiger partial charge in [-0.05, 0) is 56.4 Å². The first kappa shape index (κ1) is 29.8. The number of hydrogen-bond donors (Lipinski definition) is 3. The molecule has 216 valence electrons. The summed E-state index contributed by atoms with van der Waals surface area (Å²) in [4.78, 5) is 20.7. The summed E-state index contributed by atoms with van der Waals surface area (Å²) in [5.41, 5.74) is 15.5. The molecule has 2 fully saturated rings. The number of nitrogens with two attached hydrogens (primary N) is 3. The van der Waals surface area contributed by atoms with Gasteiger partial charge >= 0.3 is 0 Å². The predicted octanol–water partition coefficient (Wildman–Crippen LogP) is 5.20. The van der Waals surface area contributed by atoms with Crippen LogP contribution in [0, 0.1) is 6.92 Å². The Bertz CT molecular complexity index is 1450. The highest BCUT2D eigenvalue weighted by molar-refractivity contribution is 6.00. The first-order chi connectivity index (χ1) is 19.8. The van der Waals surface area contributed by atoms with Crippen molar-refractivity contribution in [1.82, 2.24) is 4.90 Å². The van der Waals surface area contributed by atoms with Crippen LogP contribution in [0.25, 0.3) is 10.8 Å². The second-order valence-corrected chi connectivity index (χ2v) is 10.9. The zero-order chi connectivity index (χ0) is 29.4. The van der Waals surface area contributed by atoms with Crippen molar-refractivity contribution in [2.75, 3.05) is 23.8 Å². The highest BCUT2D eigenvalue weighted by Gasteiger charge is 2.41. The fourth-order valence-corrected chi connectivity index (χ4v) is 4.96. The Kier molecular flexibility index (Phi) is 9.81. The lowest BCUT2D eigenvalue weighted by atomic mass is 10.1. The second-order valence-electron chi connectivity index (χ2n) is 10.9. The first-order valence-corrected chi connectivity index (χ1v) is 14.2. The quantitative estimate of drug-likeness (QED) is 0.210. The van der Waals surface area contributed by atoms with Gasteiger partial charge in [-0.2, -0.15) is 0 Å². The van der Waals surface area contributed by atoms with E-state index in [1.165, 1.54) is 0 Å². The molecule has 1 amide bonds. The van der Waals surface area contributed by atoms with Crippen LogP contribution in [0.4, 0.5) is 17.1 Å². The molecule has 1 unspecified atom stereocenters. The van der Waals surface area contributed by atoms with E-state index in [2.05, 4.69) is 18.3 Å². The van der Waals surface area contributed by atoms with Gasteiger partial charge in [-0.25, -0.2) is 5.84 Å². The zero-order valence-corrected chi connectivity index (χ0v) is 24.0. The van der Waals surface area contributed by atoms with Gasteiger partial charge in [0.15, 0.2) is 0 Å². The molecule has 1 saturated heterocycles. The van der Waals surface area contributed by atoms with Crippen LogP contribution in [-0.4, -0.2) is 35.5 Å². The van der Waals surface area contributed by atoms with Gasteiger partial charge in [-0.1, -0.05) is 72.9 Å². The lowest BCUT2D eigenvalue weighted by Crippen LogP contribution is -2.37. The molecule has 3 aromatic rings. The van der Waals surface area contributed by atoms with Crippen molar-refractivity contribution in [1.29, 1.82) is 0 Å². The van der Waals surface area contributed by atoms with Crippen molar-refractivity contribution in [2.24, 2.45) is 16.7 Å². The number of hydrogen-bond acceptors (Lipinski definition) is 7. The van der Waals surface area contributed by atoms with Gasteiger partial charge in [0.05, 0.1) is 17.1 Å². The lowest BCUT2D eigenvalue weighted by molar-refractivity contribution is -0.131. The average molecular weight is 555 g/mol. The van der Waals surface area contributed by atoms with Gasteiger partial charge in [0.2, 0.25) is 5.91 Å². The number of rotatable bonds is 7. The number of likely N-dealkylation sites (tertiary alicyclic amines) is 1. The number of allylic oxidation sites excluding steroid dienone is 2. The number of benzene rings is 2. The largest absolute Gasteiger partial charge is 0.397 e. The van der Waals surface area contributed by atoms with Gasteiger partial charge in [-0.15, -0.1) is 0 Å². The van der Waals surface area contributed by atoms with Crippen molar-refractivity contribution in [3.05, 3.63) is 96.9 Å². The summed E-state index contributed by atoms with van der Waals surface area (Å²) < 4.78 is 0. The topological polar surface area (TPSA) is 123 Å². The molecule has 41 heavy (non-hydrogen) atoms.